The number of carbonyl (C=O) groups is 1. The van der Waals surface area contributed by atoms with Gasteiger partial charge in [0.2, 0.25) is 0 Å². The van der Waals surface area contributed by atoms with E-state index in [1.54, 1.807) is 0 Å². The maximum absolute atomic E-state index is 11.8. The van der Waals surface area contributed by atoms with E-state index in [1.807, 2.05) is 4.68 Å². The largest absolute Gasteiger partial charge is 0.299 e. The van der Waals surface area contributed by atoms with E-state index < -0.39 is 0 Å². The van der Waals surface area contributed by atoms with Crippen LogP contribution in [0.5, 0.6) is 0 Å². The highest BCUT2D eigenvalue weighted by Gasteiger charge is 2.27. The van der Waals surface area contributed by atoms with Crippen LogP contribution in [0.4, 0.5) is 0 Å². The Morgan fingerprint density at radius 2 is 2.10 bits per heavy atom. The van der Waals surface area contributed by atoms with E-state index in [0.717, 1.165) is 55.4 Å². The van der Waals surface area contributed by atoms with Gasteiger partial charge in [0, 0.05) is 38.5 Å². The Balaban J connectivity index is 2.13. The Bertz CT molecular complexity index is 484. The van der Waals surface area contributed by atoms with Gasteiger partial charge < -0.3 is 0 Å². The first-order chi connectivity index (χ1) is 9.60. The molecule has 1 aliphatic rings. The maximum Gasteiger partial charge on any atom is 0.138 e. The normalized spacial score (nSPS) is 20.6. The summed E-state index contributed by atoms with van der Waals surface area (Å²) in [5, 5.41) is 5.36. The second kappa shape index (κ2) is 6.72. The van der Waals surface area contributed by atoms with Crippen molar-refractivity contribution < 1.29 is 4.79 Å². The Hall–Kier alpha value is -0.870. The number of piperidine rings is 1. The number of halogens is 1. The average molecular weight is 298 g/mol. The number of nitrogens with zero attached hydrogens (tertiary/aromatic N) is 3. The van der Waals surface area contributed by atoms with Gasteiger partial charge in [-0.15, -0.1) is 0 Å². The summed E-state index contributed by atoms with van der Waals surface area (Å²) in [4.78, 5) is 14.1. The third-order valence-electron chi connectivity index (χ3n) is 4.17. The molecule has 0 saturated carbocycles. The van der Waals surface area contributed by atoms with Gasteiger partial charge >= 0.3 is 0 Å². The van der Waals surface area contributed by atoms with E-state index in [1.165, 1.54) is 0 Å². The van der Waals surface area contributed by atoms with Crippen LogP contribution in [0.15, 0.2) is 0 Å². The molecule has 4 nitrogen and oxygen atoms in total. The molecule has 5 heteroatoms. The number of likely N-dealkylation sites (tertiary alicyclic amines) is 1. The molecule has 1 fully saturated rings. The quantitative estimate of drug-likeness (QED) is 0.839. The molecule has 1 atom stereocenters. The van der Waals surface area contributed by atoms with Crippen LogP contribution in [0.3, 0.4) is 0 Å². The molecule has 0 bridgehead atoms. The van der Waals surface area contributed by atoms with Crippen molar-refractivity contribution in [3.05, 3.63) is 16.4 Å². The Morgan fingerprint density at radius 1 is 1.35 bits per heavy atom. The summed E-state index contributed by atoms with van der Waals surface area (Å²) in [5.74, 6) is 0.597. The van der Waals surface area contributed by atoms with Gasteiger partial charge in [-0.1, -0.05) is 25.4 Å². The lowest BCUT2D eigenvalue weighted by Gasteiger charge is -2.31. The van der Waals surface area contributed by atoms with Crippen molar-refractivity contribution in [2.75, 3.05) is 13.1 Å². The minimum Gasteiger partial charge on any atom is -0.299 e. The van der Waals surface area contributed by atoms with Crippen LogP contribution in [-0.2, 0) is 24.3 Å². The summed E-state index contributed by atoms with van der Waals surface area (Å²) in [6.45, 7) is 9.56. The van der Waals surface area contributed by atoms with Crippen LogP contribution in [0.25, 0.3) is 0 Å². The number of rotatable bonds is 5. The number of aromatic nitrogens is 2. The first-order valence-electron chi connectivity index (χ1n) is 7.59. The second-order valence-corrected chi connectivity index (χ2v) is 5.81. The topological polar surface area (TPSA) is 38.1 Å². The van der Waals surface area contributed by atoms with Crippen molar-refractivity contribution in [2.45, 2.75) is 53.1 Å². The lowest BCUT2D eigenvalue weighted by atomic mass is 9.94. The molecule has 0 aliphatic carbocycles. The van der Waals surface area contributed by atoms with Crippen LogP contribution < -0.4 is 0 Å². The van der Waals surface area contributed by atoms with Gasteiger partial charge in [0.05, 0.1) is 16.4 Å². The van der Waals surface area contributed by atoms with Gasteiger partial charge in [-0.25, -0.2) is 0 Å². The van der Waals surface area contributed by atoms with Crippen LogP contribution in [-0.4, -0.2) is 33.6 Å². The first-order valence-corrected chi connectivity index (χ1v) is 7.97. The number of hydrogen-bond acceptors (Lipinski definition) is 3. The summed E-state index contributed by atoms with van der Waals surface area (Å²) in [7, 11) is 0. The monoisotopic (exact) mass is 297 g/mol. The highest BCUT2D eigenvalue weighted by Crippen LogP contribution is 2.25. The van der Waals surface area contributed by atoms with Crippen molar-refractivity contribution in [3.8, 4) is 0 Å². The van der Waals surface area contributed by atoms with Gasteiger partial charge in [0.1, 0.15) is 5.78 Å². The molecular formula is C15H24ClN3O. The highest BCUT2D eigenvalue weighted by atomic mass is 35.5. The van der Waals surface area contributed by atoms with Crippen molar-refractivity contribution in [3.63, 3.8) is 0 Å². The SMILES string of the molecule is CCc1nn(CC)c(CN2CCC(=O)C(CC)C2)c1Cl. The standard InChI is InChI=1S/C15H24ClN3O/c1-4-11-9-18(8-7-14(11)20)10-13-15(16)12(5-2)17-19(13)6-3/h11H,4-10H2,1-3H3. The molecule has 2 heterocycles. The van der Waals surface area contributed by atoms with Crippen molar-refractivity contribution in [1.29, 1.82) is 0 Å². The second-order valence-electron chi connectivity index (χ2n) is 5.43. The smallest absolute Gasteiger partial charge is 0.138 e. The maximum atomic E-state index is 11.8. The molecular weight excluding hydrogens is 274 g/mol. The van der Waals surface area contributed by atoms with Crippen molar-refractivity contribution in [1.82, 2.24) is 14.7 Å². The molecule has 1 unspecified atom stereocenters. The van der Waals surface area contributed by atoms with Gasteiger partial charge in [-0.05, 0) is 19.8 Å². The summed E-state index contributed by atoms with van der Waals surface area (Å²) < 4.78 is 2.00. The van der Waals surface area contributed by atoms with Crippen LogP contribution in [0.2, 0.25) is 5.02 Å². The number of hydrogen-bond donors (Lipinski definition) is 0. The van der Waals surface area contributed by atoms with E-state index in [4.69, 9.17) is 11.6 Å². The number of ketones is 1. The molecule has 1 aromatic heterocycles. The molecule has 0 N–H and O–H groups in total. The number of aryl methyl sites for hydroxylation is 2. The van der Waals surface area contributed by atoms with E-state index in [9.17, 15) is 4.79 Å². The zero-order valence-electron chi connectivity index (χ0n) is 12.7. The fourth-order valence-electron chi connectivity index (χ4n) is 2.86. The zero-order chi connectivity index (χ0) is 14.7. The molecule has 1 saturated heterocycles. The zero-order valence-corrected chi connectivity index (χ0v) is 13.4. The molecule has 112 valence electrons. The van der Waals surface area contributed by atoms with Gasteiger partial charge in [-0.3, -0.25) is 14.4 Å². The summed E-state index contributed by atoms with van der Waals surface area (Å²) in [6.07, 6.45) is 2.45. The van der Waals surface area contributed by atoms with Crippen molar-refractivity contribution in [2.24, 2.45) is 5.92 Å². The lowest BCUT2D eigenvalue weighted by molar-refractivity contribution is -0.126. The van der Waals surface area contributed by atoms with Crippen LogP contribution >= 0.6 is 11.6 Å². The van der Waals surface area contributed by atoms with E-state index in [0.29, 0.717) is 12.2 Å². The average Bonchev–Trinajstić information content (AvgIpc) is 2.77. The molecule has 2 rings (SSSR count). The summed E-state index contributed by atoms with van der Waals surface area (Å²) in [5.41, 5.74) is 2.07. The minimum absolute atomic E-state index is 0.186. The predicted octanol–water partition coefficient (Wildman–Crippen LogP) is 2.92. The van der Waals surface area contributed by atoms with E-state index in [-0.39, 0.29) is 5.92 Å². The Kier molecular flexibility index (Phi) is 5.22. The third kappa shape index (κ3) is 3.07. The van der Waals surface area contributed by atoms with Gasteiger partial charge in [0.25, 0.3) is 0 Å². The number of carbonyl (C=O) groups excluding carboxylic acids is 1. The molecule has 0 spiro atoms. The van der Waals surface area contributed by atoms with Crippen LogP contribution in [0.1, 0.15) is 45.0 Å². The van der Waals surface area contributed by atoms with E-state index >= 15 is 0 Å². The third-order valence-corrected chi connectivity index (χ3v) is 4.60. The predicted molar refractivity (Wildman–Crippen MR) is 81.0 cm³/mol. The Labute approximate surface area is 126 Å². The first kappa shape index (κ1) is 15.5. The molecule has 0 aromatic carbocycles. The molecule has 1 aliphatic heterocycles. The number of Topliss-reactive ketones (excluding diaryl/α,β-unsaturated/α-hetero) is 1. The highest BCUT2D eigenvalue weighted by molar-refractivity contribution is 6.31. The fraction of sp³-hybridized carbons (Fsp3) is 0.733. The molecule has 1 aromatic rings. The van der Waals surface area contributed by atoms with Crippen molar-refractivity contribution >= 4 is 17.4 Å². The van der Waals surface area contributed by atoms with Gasteiger partial charge in [0.15, 0.2) is 0 Å². The lowest BCUT2D eigenvalue weighted by Crippen LogP contribution is -2.40. The minimum atomic E-state index is 0.186. The van der Waals surface area contributed by atoms with Crippen LogP contribution in [0, 0.1) is 5.92 Å². The van der Waals surface area contributed by atoms with Gasteiger partial charge in [-0.2, -0.15) is 5.10 Å². The summed E-state index contributed by atoms with van der Waals surface area (Å²) in [6, 6.07) is 0. The summed E-state index contributed by atoms with van der Waals surface area (Å²) >= 11 is 6.45. The molecule has 0 radical (unpaired) electrons. The fourth-order valence-corrected chi connectivity index (χ4v) is 3.19. The molecule has 0 amide bonds. The van der Waals surface area contributed by atoms with E-state index in [2.05, 4.69) is 30.8 Å². The Morgan fingerprint density at radius 3 is 2.70 bits per heavy atom. The molecule has 20 heavy (non-hydrogen) atoms.